The number of benzene rings is 1. The second-order valence-corrected chi connectivity index (χ2v) is 4.07. The molecule has 0 heterocycles. The number of nitro benzene ring substituents is 1. The maximum absolute atomic E-state index is 11.2. The second kappa shape index (κ2) is 9.23. The molecule has 23 heavy (non-hydrogen) atoms. The summed E-state index contributed by atoms with van der Waals surface area (Å²) in [4.78, 5) is 32.8. The zero-order chi connectivity index (χ0) is 17.2. The van der Waals surface area contributed by atoms with Crippen LogP contribution in [0, 0.1) is 10.1 Å². The van der Waals surface area contributed by atoms with Crippen molar-refractivity contribution in [1.82, 2.24) is 0 Å². The topological polar surface area (TPSA) is 114 Å². The Kier molecular flexibility index (Phi) is 7.31. The molecule has 0 aliphatic rings. The van der Waals surface area contributed by atoms with Gasteiger partial charge in [-0.1, -0.05) is 0 Å². The van der Waals surface area contributed by atoms with Crippen LogP contribution in [0.4, 0.5) is 5.69 Å². The van der Waals surface area contributed by atoms with Crippen LogP contribution in [0.25, 0.3) is 0 Å². The standard InChI is InChI=1S/C14H17NO8/c1-3-20-13(16)8-22-10-5-6-12(11(7-10)15(18)19)23-9-14(17)21-4-2/h5-7H,3-4,8-9H2,1-2H3. The van der Waals surface area contributed by atoms with Crippen LogP contribution in [0.5, 0.6) is 11.5 Å². The maximum atomic E-state index is 11.2. The van der Waals surface area contributed by atoms with Crippen LogP contribution >= 0.6 is 0 Å². The summed E-state index contributed by atoms with van der Waals surface area (Å²) < 4.78 is 19.5. The van der Waals surface area contributed by atoms with Gasteiger partial charge in [-0.25, -0.2) is 9.59 Å². The van der Waals surface area contributed by atoms with Crippen LogP contribution in [-0.4, -0.2) is 43.3 Å². The third kappa shape index (κ3) is 6.20. The van der Waals surface area contributed by atoms with Crippen molar-refractivity contribution in [2.45, 2.75) is 13.8 Å². The Morgan fingerprint density at radius 3 is 2.13 bits per heavy atom. The molecule has 0 aromatic heterocycles. The number of carbonyl (C=O) groups is 2. The van der Waals surface area contributed by atoms with E-state index in [-0.39, 0.29) is 31.3 Å². The molecule has 0 N–H and O–H groups in total. The first kappa shape index (κ1) is 18.2. The number of hydrogen-bond donors (Lipinski definition) is 0. The van der Waals surface area contributed by atoms with Gasteiger partial charge in [0.2, 0.25) is 0 Å². The predicted octanol–water partition coefficient (Wildman–Crippen LogP) is 1.48. The zero-order valence-corrected chi connectivity index (χ0v) is 12.8. The molecule has 1 aromatic carbocycles. The minimum atomic E-state index is -0.683. The van der Waals surface area contributed by atoms with E-state index in [0.717, 1.165) is 6.07 Å². The van der Waals surface area contributed by atoms with Gasteiger partial charge in [-0.05, 0) is 26.0 Å². The number of hydrogen-bond acceptors (Lipinski definition) is 8. The quantitative estimate of drug-likeness (QED) is 0.380. The molecule has 1 aromatic rings. The Balaban J connectivity index is 2.75. The third-order valence-electron chi connectivity index (χ3n) is 2.44. The van der Waals surface area contributed by atoms with E-state index in [2.05, 4.69) is 9.47 Å². The molecule has 0 unspecified atom stereocenters. The maximum Gasteiger partial charge on any atom is 0.344 e. The van der Waals surface area contributed by atoms with E-state index in [1.807, 2.05) is 0 Å². The van der Waals surface area contributed by atoms with Gasteiger partial charge >= 0.3 is 17.6 Å². The van der Waals surface area contributed by atoms with Gasteiger partial charge in [0.1, 0.15) is 5.75 Å². The lowest BCUT2D eigenvalue weighted by atomic mass is 10.3. The fourth-order valence-corrected chi connectivity index (χ4v) is 1.54. The van der Waals surface area contributed by atoms with Crippen molar-refractivity contribution in [3.05, 3.63) is 28.3 Å². The number of carbonyl (C=O) groups excluding carboxylic acids is 2. The first-order valence-corrected chi connectivity index (χ1v) is 6.83. The first-order valence-electron chi connectivity index (χ1n) is 6.83. The molecule has 0 atom stereocenters. The Hall–Kier alpha value is -2.84. The van der Waals surface area contributed by atoms with E-state index in [4.69, 9.17) is 9.47 Å². The molecule has 0 saturated heterocycles. The summed E-state index contributed by atoms with van der Waals surface area (Å²) in [6, 6.07) is 3.75. The van der Waals surface area contributed by atoms with E-state index in [1.165, 1.54) is 12.1 Å². The van der Waals surface area contributed by atoms with E-state index in [1.54, 1.807) is 13.8 Å². The number of nitro groups is 1. The van der Waals surface area contributed by atoms with Gasteiger partial charge < -0.3 is 18.9 Å². The predicted molar refractivity (Wildman–Crippen MR) is 77.4 cm³/mol. The Labute approximate surface area is 132 Å². The third-order valence-corrected chi connectivity index (χ3v) is 2.44. The lowest BCUT2D eigenvalue weighted by molar-refractivity contribution is -0.385. The van der Waals surface area contributed by atoms with Crippen LogP contribution in [-0.2, 0) is 19.1 Å². The molecular formula is C14H17NO8. The van der Waals surface area contributed by atoms with Crippen molar-refractivity contribution in [2.24, 2.45) is 0 Å². The van der Waals surface area contributed by atoms with Crippen LogP contribution in [0.1, 0.15) is 13.8 Å². The van der Waals surface area contributed by atoms with Crippen molar-refractivity contribution in [2.75, 3.05) is 26.4 Å². The molecule has 1 rings (SSSR count). The summed E-state index contributed by atoms with van der Waals surface area (Å²) in [5.41, 5.74) is -0.393. The van der Waals surface area contributed by atoms with Gasteiger partial charge in [-0.2, -0.15) is 0 Å². The van der Waals surface area contributed by atoms with Crippen molar-refractivity contribution in [3.63, 3.8) is 0 Å². The van der Waals surface area contributed by atoms with Crippen LogP contribution < -0.4 is 9.47 Å². The second-order valence-electron chi connectivity index (χ2n) is 4.07. The molecule has 0 aliphatic heterocycles. The minimum Gasteiger partial charge on any atom is -0.482 e. The van der Waals surface area contributed by atoms with E-state index in [0.29, 0.717) is 0 Å². The summed E-state index contributed by atoms with van der Waals surface area (Å²) in [5, 5.41) is 11.0. The van der Waals surface area contributed by atoms with Gasteiger partial charge in [0.15, 0.2) is 19.0 Å². The minimum absolute atomic E-state index is 0.105. The summed E-state index contributed by atoms with van der Waals surface area (Å²) in [6.45, 7) is 2.87. The van der Waals surface area contributed by atoms with Crippen molar-refractivity contribution in [3.8, 4) is 11.5 Å². The van der Waals surface area contributed by atoms with Gasteiger partial charge in [0.05, 0.1) is 24.2 Å². The molecule has 0 fully saturated rings. The molecule has 0 amide bonds. The largest absolute Gasteiger partial charge is 0.482 e. The molecule has 0 saturated carbocycles. The fourth-order valence-electron chi connectivity index (χ4n) is 1.54. The Morgan fingerprint density at radius 1 is 1.04 bits per heavy atom. The van der Waals surface area contributed by atoms with Crippen LogP contribution in [0.15, 0.2) is 18.2 Å². The summed E-state index contributed by atoms with van der Waals surface area (Å²) in [6.07, 6.45) is 0. The van der Waals surface area contributed by atoms with Gasteiger partial charge in [-0.3, -0.25) is 10.1 Å². The van der Waals surface area contributed by atoms with Gasteiger partial charge in [-0.15, -0.1) is 0 Å². The molecule has 0 aliphatic carbocycles. The molecule has 126 valence electrons. The molecular weight excluding hydrogens is 310 g/mol. The monoisotopic (exact) mass is 327 g/mol. The number of nitrogens with zero attached hydrogens (tertiary/aromatic N) is 1. The molecule has 0 spiro atoms. The van der Waals surface area contributed by atoms with Crippen LogP contribution in [0.3, 0.4) is 0 Å². The number of rotatable bonds is 9. The van der Waals surface area contributed by atoms with Gasteiger partial charge in [0.25, 0.3) is 0 Å². The van der Waals surface area contributed by atoms with E-state index < -0.39 is 29.2 Å². The normalized spacial score (nSPS) is 9.83. The summed E-state index contributed by atoms with van der Waals surface area (Å²) in [5.74, 6) is -1.22. The Morgan fingerprint density at radius 2 is 1.61 bits per heavy atom. The fraction of sp³-hybridized carbons (Fsp3) is 0.429. The van der Waals surface area contributed by atoms with E-state index in [9.17, 15) is 19.7 Å². The molecule has 9 heteroatoms. The highest BCUT2D eigenvalue weighted by Crippen LogP contribution is 2.31. The summed E-state index contributed by atoms with van der Waals surface area (Å²) in [7, 11) is 0. The van der Waals surface area contributed by atoms with Crippen molar-refractivity contribution >= 4 is 17.6 Å². The highest BCUT2D eigenvalue weighted by molar-refractivity contribution is 5.72. The van der Waals surface area contributed by atoms with Crippen LogP contribution in [0.2, 0.25) is 0 Å². The SMILES string of the molecule is CCOC(=O)COc1ccc(OCC(=O)OCC)c([N+](=O)[O-])c1. The zero-order valence-electron chi connectivity index (χ0n) is 12.8. The van der Waals surface area contributed by atoms with Crippen molar-refractivity contribution < 1.29 is 33.5 Å². The molecule has 0 radical (unpaired) electrons. The average Bonchev–Trinajstić information content (AvgIpc) is 2.51. The van der Waals surface area contributed by atoms with E-state index >= 15 is 0 Å². The highest BCUT2D eigenvalue weighted by atomic mass is 16.6. The molecule has 0 bridgehead atoms. The number of esters is 2. The lowest BCUT2D eigenvalue weighted by Crippen LogP contribution is -2.16. The lowest BCUT2D eigenvalue weighted by Gasteiger charge is -2.09. The average molecular weight is 327 g/mol. The first-order chi connectivity index (χ1) is 11.0. The highest BCUT2D eigenvalue weighted by Gasteiger charge is 2.18. The Bertz CT molecular complexity index is 572. The smallest absolute Gasteiger partial charge is 0.344 e. The number of ether oxygens (including phenoxy) is 4. The molecule has 9 nitrogen and oxygen atoms in total. The summed E-state index contributed by atoms with van der Waals surface area (Å²) >= 11 is 0. The van der Waals surface area contributed by atoms with Gasteiger partial charge in [0, 0.05) is 0 Å². The van der Waals surface area contributed by atoms with Crippen molar-refractivity contribution in [1.29, 1.82) is 0 Å².